The van der Waals surface area contributed by atoms with E-state index in [1.807, 2.05) is 0 Å². The van der Waals surface area contributed by atoms with Gasteiger partial charge in [-0.05, 0) is 24.3 Å². The monoisotopic (exact) mass is 232 g/mol. The van der Waals surface area contributed by atoms with Crippen molar-refractivity contribution in [3.63, 3.8) is 0 Å². The van der Waals surface area contributed by atoms with Crippen LogP contribution >= 0.6 is 0 Å². The van der Waals surface area contributed by atoms with Crippen LogP contribution in [0, 0.1) is 0 Å². The second-order valence-electron chi connectivity index (χ2n) is 3.31. The molecule has 2 N–H and O–H groups in total. The molecule has 0 amide bonds. The summed E-state index contributed by atoms with van der Waals surface area (Å²) in [5.74, 6) is -2.70. The Labute approximate surface area is 95.6 Å². The average molecular weight is 232 g/mol. The fraction of sp³-hybridized carbons (Fsp3) is 0. The highest BCUT2D eigenvalue weighted by Gasteiger charge is 2.11. The van der Waals surface area contributed by atoms with Gasteiger partial charge in [0.25, 0.3) is 5.78 Å². The van der Waals surface area contributed by atoms with Crippen LogP contribution in [0.2, 0.25) is 0 Å². The van der Waals surface area contributed by atoms with Gasteiger partial charge in [-0.15, -0.1) is 0 Å². The number of hydrogen-bond donors (Lipinski definition) is 2. The van der Waals surface area contributed by atoms with Gasteiger partial charge in [-0.3, -0.25) is 4.79 Å². The Morgan fingerprint density at radius 2 is 1.94 bits per heavy atom. The molecule has 0 aliphatic rings. The van der Waals surface area contributed by atoms with Crippen LogP contribution < -0.4 is 0 Å². The van der Waals surface area contributed by atoms with Crippen molar-refractivity contribution in [2.45, 2.75) is 0 Å². The van der Waals surface area contributed by atoms with Gasteiger partial charge in [-0.2, -0.15) is 0 Å². The van der Waals surface area contributed by atoms with Gasteiger partial charge in [0, 0.05) is 0 Å². The standard InChI is InChI=1S/C12H8O5/c13-8(12(15)16)5-6-10-11(14)7-3-1-2-4-9(7)17-10/h1-6,14H,(H,15,16). The molecular formula is C12H8O5. The summed E-state index contributed by atoms with van der Waals surface area (Å²) >= 11 is 0. The lowest BCUT2D eigenvalue weighted by Gasteiger charge is -1.87. The number of fused-ring (bicyclic) bond motifs is 1. The molecule has 0 aliphatic heterocycles. The maximum absolute atomic E-state index is 10.8. The number of furan rings is 1. The van der Waals surface area contributed by atoms with Crippen molar-refractivity contribution in [1.82, 2.24) is 0 Å². The zero-order valence-corrected chi connectivity index (χ0v) is 8.58. The van der Waals surface area contributed by atoms with E-state index in [1.54, 1.807) is 24.3 Å². The molecule has 0 saturated carbocycles. The molecule has 5 nitrogen and oxygen atoms in total. The Kier molecular flexibility index (Phi) is 2.66. The zero-order valence-electron chi connectivity index (χ0n) is 8.58. The predicted octanol–water partition coefficient (Wildman–Crippen LogP) is 1.81. The van der Waals surface area contributed by atoms with Crippen molar-refractivity contribution in [3.8, 4) is 5.75 Å². The zero-order chi connectivity index (χ0) is 12.4. The molecule has 0 radical (unpaired) electrons. The van der Waals surface area contributed by atoms with Crippen LogP contribution in [0.5, 0.6) is 5.75 Å². The van der Waals surface area contributed by atoms with Crippen LogP contribution in [0.15, 0.2) is 34.8 Å². The van der Waals surface area contributed by atoms with Crippen LogP contribution in [0.3, 0.4) is 0 Å². The molecule has 0 saturated heterocycles. The first-order chi connectivity index (χ1) is 8.09. The highest BCUT2D eigenvalue weighted by atomic mass is 16.4. The molecule has 17 heavy (non-hydrogen) atoms. The van der Waals surface area contributed by atoms with Gasteiger partial charge in [0.2, 0.25) is 0 Å². The van der Waals surface area contributed by atoms with Gasteiger partial charge in [0.15, 0.2) is 11.5 Å². The van der Waals surface area contributed by atoms with Crippen LogP contribution in [0.1, 0.15) is 5.76 Å². The van der Waals surface area contributed by atoms with Crippen LogP contribution in [0.25, 0.3) is 17.0 Å². The average Bonchev–Trinajstić information content (AvgIpc) is 2.64. The van der Waals surface area contributed by atoms with Crippen molar-refractivity contribution in [1.29, 1.82) is 0 Å². The first kappa shape index (κ1) is 10.9. The first-order valence-corrected chi connectivity index (χ1v) is 4.75. The summed E-state index contributed by atoms with van der Waals surface area (Å²) < 4.78 is 5.25. The van der Waals surface area contributed by atoms with Gasteiger partial charge in [-0.1, -0.05) is 12.1 Å². The highest BCUT2D eigenvalue weighted by Crippen LogP contribution is 2.32. The van der Waals surface area contributed by atoms with E-state index < -0.39 is 11.8 Å². The third-order valence-electron chi connectivity index (χ3n) is 2.19. The minimum absolute atomic E-state index is 0.0563. The number of carboxylic acids is 1. The van der Waals surface area contributed by atoms with Crippen LogP contribution in [-0.4, -0.2) is 22.0 Å². The van der Waals surface area contributed by atoms with Crippen LogP contribution in [-0.2, 0) is 9.59 Å². The Bertz CT molecular complexity index is 621. The summed E-state index contributed by atoms with van der Waals surface area (Å²) in [6, 6.07) is 6.78. The lowest BCUT2D eigenvalue weighted by atomic mass is 10.2. The van der Waals surface area contributed by atoms with E-state index in [1.165, 1.54) is 0 Å². The van der Waals surface area contributed by atoms with E-state index in [0.29, 0.717) is 11.0 Å². The van der Waals surface area contributed by atoms with Crippen molar-refractivity contribution >= 4 is 28.8 Å². The van der Waals surface area contributed by atoms with E-state index in [4.69, 9.17) is 9.52 Å². The molecular weight excluding hydrogens is 224 g/mol. The smallest absolute Gasteiger partial charge is 0.376 e. The molecule has 1 heterocycles. The van der Waals surface area contributed by atoms with E-state index in [0.717, 1.165) is 12.2 Å². The van der Waals surface area contributed by atoms with Crippen molar-refractivity contribution in [2.75, 3.05) is 0 Å². The molecule has 1 aromatic carbocycles. The summed E-state index contributed by atoms with van der Waals surface area (Å²) in [5, 5.41) is 18.6. The van der Waals surface area contributed by atoms with Crippen molar-refractivity contribution in [2.24, 2.45) is 0 Å². The normalized spacial score (nSPS) is 11.1. The van der Waals surface area contributed by atoms with Gasteiger partial charge in [-0.25, -0.2) is 4.79 Å². The van der Waals surface area contributed by atoms with Gasteiger partial charge < -0.3 is 14.6 Å². The highest BCUT2D eigenvalue weighted by molar-refractivity contribution is 6.38. The number of benzene rings is 1. The number of carbonyl (C=O) groups excluding carboxylic acids is 1. The minimum Gasteiger partial charge on any atom is -0.504 e. The van der Waals surface area contributed by atoms with E-state index in [2.05, 4.69) is 0 Å². The molecule has 0 unspecified atom stereocenters. The van der Waals surface area contributed by atoms with Crippen molar-refractivity contribution in [3.05, 3.63) is 36.1 Å². The van der Waals surface area contributed by atoms with Crippen molar-refractivity contribution < 1.29 is 24.2 Å². The molecule has 0 atom stereocenters. The molecule has 0 bridgehead atoms. The third-order valence-corrected chi connectivity index (χ3v) is 2.19. The topological polar surface area (TPSA) is 87.7 Å². The maximum atomic E-state index is 10.8. The first-order valence-electron chi connectivity index (χ1n) is 4.75. The Balaban J connectivity index is 2.40. The molecule has 5 heteroatoms. The molecule has 0 aliphatic carbocycles. The molecule has 86 valence electrons. The molecule has 2 aromatic rings. The van der Waals surface area contributed by atoms with Gasteiger partial charge in [0.1, 0.15) is 5.58 Å². The summed E-state index contributed by atoms with van der Waals surface area (Å²) in [7, 11) is 0. The molecule has 0 fully saturated rings. The lowest BCUT2D eigenvalue weighted by Crippen LogP contribution is -2.08. The van der Waals surface area contributed by atoms with Gasteiger partial charge >= 0.3 is 5.97 Å². The summed E-state index contributed by atoms with van der Waals surface area (Å²) in [6.45, 7) is 0. The second kappa shape index (κ2) is 4.13. The third kappa shape index (κ3) is 2.03. The number of rotatable bonds is 3. The second-order valence-corrected chi connectivity index (χ2v) is 3.31. The SMILES string of the molecule is O=C(O)C(=O)C=Cc1oc2ccccc2c1O. The number of carbonyl (C=O) groups is 2. The fourth-order valence-corrected chi connectivity index (χ4v) is 1.39. The summed E-state index contributed by atoms with van der Waals surface area (Å²) in [5.41, 5.74) is 0.465. The number of aromatic hydroxyl groups is 1. The Hall–Kier alpha value is -2.56. The van der Waals surface area contributed by atoms with E-state index in [9.17, 15) is 14.7 Å². The summed E-state index contributed by atoms with van der Waals surface area (Å²) in [6.07, 6.45) is 1.96. The minimum atomic E-state index is -1.56. The number of para-hydroxylation sites is 1. The maximum Gasteiger partial charge on any atom is 0.376 e. The van der Waals surface area contributed by atoms with E-state index in [-0.39, 0.29) is 11.5 Å². The number of aliphatic carboxylic acids is 1. The number of carboxylic acid groups (broad SMARTS) is 1. The number of ketones is 1. The quantitative estimate of drug-likeness (QED) is 0.622. The Morgan fingerprint density at radius 3 is 2.59 bits per heavy atom. The Morgan fingerprint density at radius 1 is 1.24 bits per heavy atom. The molecule has 0 spiro atoms. The fourth-order valence-electron chi connectivity index (χ4n) is 1.39. The predicted molar refractivity (Wildman–Crippen MR) is 59.6 cm³/mol. The summed E-state index contributed by atoms with van der Waals surface area (Å²) in [4.78, 5) is 21.1. The molecule has 1 aromatic heterocycles. The lowest BCUT2D eigenvalue weighted by molar-refractivity contribution is -0.146. The van der Waals surface area contributed by atoms with Gasteiger partial charge in [0.05, 0.1) is 5.39 Å². The number of hydrogen-bond acceptors (Lipinski definition) is 4. The van der Waals surface area contributed by atoms with E-state index >= 15 is 0 Å². The van der Waals surface area contributed by atoms with Crippen LogP contribution in [0.4, 0.5) is 0 Å². The molecule has 2 rings (SSSR count). The largest absolute Gasteiger partial charge is 0.504 e.